The summed E-state index contributed by atoms with van der Waals surface area (Å²) in [7, 11) is 1.49. The van der Waals surface area contributed by atoms with Crippen LogP contribution in [0.2, 0.25) is 0 Å². The number of ether oxygens (including phenoxy) is 2. The summed E-state index contributed by atoms with van der Waals surface area (Å²) in [6, 6.07) is 4.80. The van der Waals surface area contributed by atoms with Crippen molar-refractivity contribution in [1.82, 2.24) is 19.9 Å². The highest BCUT2D eigenvalue weighted by Gasteiger charge is 2.32. The SMILES string of the molecule is CCOc1ccc(-c2cn(C3CN(C(=O)COC)C3)nn2)cc1F. The second kappa shape index (κ2) is 6.96. The molecule has 24 heavy (non-hydrogen) atoms. The van der Waals surface area contributed by atoms with Crippen LogP contribution in [0.1, 0.15) is 13.0 Å². The minimum Gasteiger partial charge on any atom is -0.491 e. The number of benzene rings is 1. The van der Waals surface area contributed by atoms with Crippen LogP contribution in [0.15, 0.2) is 24.4 Å². The van der Waals surface area contributed by atoms with Crippen molar-refractivity contribution in [1.29, 1.82) is 0 Å². The van der Waals surface area contributed by atoms with Crippen molar-refractivity contribution >= 4 is 5.91 Å². The Kier molecular flexibility index (Phi) is 4.75. The molecule has 7 nitrogen and oxygen atoms in total. The number of carbonyl (C=O) groups excluding carboxylic acids is 1. The van der Waals surface area contributed by atoms with Gasteiger partial charge in [0, 0.05) is 25.8 Å². The molecule has 3 rings (SSSR count). The number of aromatic nitrogens is 3. The van der Waals surface area contributed by atoms with Gasteiger partial charge in [-0.05, 0) is 25.1 Å². The Morgan fingerprint density at radius 2 is 2.21 bits per heavy atom. The average Bonchev–Trinajstić information content (AvgIpc) is 2.98. The fraction of sp³-hybridized carbons (Fsp3) is 0.438. The van der Waals surface area contributed by atoms with Crippen LogP contribution in [-0.4, -0.2) is 59.2 Å². The first-order valence-electron chi connectivity index (χ1n) is 7.73. The number of hydrogen-bond donors (Lipinski definition) is 0. The van der Waals surface area contributed by atoms with Crippen molar-refractivity contribution in [2.45, 2.75) is 13.0 Å². The van der Waals surface area contributed by atoms with Crippen molar-refractivity contribution in [2.75, 3.05) is 33.4 Å². The van der Waals surface area contributed by atoms with Gasteiger partial charge in [0.15, 0.2) is 11.6 Å². The highest BCUT2D eigenvalue weighted by molar-refractivity contribution is 5.78. The average molecular weight is 334 g/mol. The predicted octanol–water partition coefficient (Wildman–Crippen LogP) is 1.51. The first kappa shape index (κ1) is 16.4. The topological polar surface area (TPSA) is 69.5 Å². The molecule has 0 bridgehead atoms. The number of carbonyl (C=O) groups is 1. The molecule has 1 aliphatic heterocycles. The smallest absolute Gasteiger partial charge is 0.248 e. The maximum atomic E-state index is 13.9. The van der Waals surface area contributed by atoms with Crippen LogP contribution in [0.5, 0.6) is 5.75 Å². The number of amides is 1. The summed E-state index contributed by atoms with van der Waals surface area (Å²) in [5.74, 6) is -0.244. The summed E-state index contributed by atoms with van der Waals surface area (Å²) in [5.41, 5.74) is 1.22. The largest absolute Gasteiger partial charge is 0.491 e. The molecule has 0 radical (unpaired) electrons. The molecule has 1 aromatic heterocycles. The second-order valence-corrected chi connectivity index (χ2v) is 5.55. The minimum atomic E-state index is -0.427. The van der Waals surface area contributed by atoms with Crippen LogP contribution in [0, 0.1) is 5.82 Å². The summed E-state index contributed by atoms with van der Waals surface area (Å²) < 4.78 is 25.7. The van der Waals surface area contributed by atoms with Crippen molar-refractivity contribution in [3.63, 3.8) is 0 Å². The highest BCUT2D eigenvalue weighted by atomic mass is 19.1. The van der Waals surface area contributed by atoms with Gasteiger partial charge >= 0.3 is 0 Å². The zero-order valence-electron chi connectivity index (χ0n) is 13.6. The number of hydrogen-bond acceptors (Lipinski definition) is 5. The van der Waals surface area contributed by atoms with E-state index in [1.165, 1.54) is 13.2 Å². The molecule has 2 aromatic rings. The van der Waals surface area contributed by atoms with Crippen molar-refractivity contribution in [3.8, 4) is 17.0 Å². The second-order valence-electron chi connectivity index (χ2n) is 5.55. The lowest BCUT2D eigenvalue weighted by Crippen LogP contribution is -2.52. The summed E-state index contributed by atoms with van der Waals surface area (Å²) in [6.07, 6.45) is 1.76. The van der Waals surface area contributed by atoms with Crippen molar-refractivity contribution in [3.05, 3.63) is 30.2 Å². The Morgan fingerprint density at radius 1 is 1.42 bits per heavy atom. The van der Waals surface area contributed by atoms with E-state index in [0.29, 0.717) is 31.0 Å². The van der Waals surface area contributed by atoms with Crippen molar-refractivity contribution in [2.24, 2.45) is 0 Å². The molecule has 128 valence electrons. The van der Waals surface area contributed by atoms with Crippen molar-refractivity contribution < 1.29 is 18.7 Å². The van der Waals surface area contributed by atoms with Gasteiger partial charge in [0.25, 0.3) is 0 Å². The van der Waals surface area contributed by atoms with E-state index in [1.54, 1.807) is 34.8 Å². The van der Waals surface area contributed by atoms with Crippen LogP contribution >= 0.6 is 0 Å². The molecule has 2 heterocycles. The van der Waals surface area contributed by atoms with Gasteiger partial charge in [0.2, 0.25) is 5.91 Å². The Morgan fingerprint density at radius 3 is 2.88 bits per heavy atom. The lowest BCUT2D eigenvalue weighted by Gasteiger charge is -2.38. The van der Waals surface area contributed by atoms with Gasteiger partial charge in [-0.1, -0.05) is 5.21 Å². The molecule has 1 fully saturated rings. The van der Waals surface area contributed by atoms with Gasteiger partial charge in [0.1, 0.15) is 12.3 Å². The molecule has 0 saturated carbocycles. The van der Waals surface area contributed by atoms with Gasteiger partial charge in [-0.25, -0.2) is 9.07 Å². The number of nitrogens with zero attached hydrogens (tertiary/aromatic N) is 4. The first-order valence-corrected chi connectivity index (χ1v) is 7.73. The zero-order valence-corrected chi connectivity index (χ0v) is 13.6. The van der Waals surface area contributed by atoms with Gasteiger partial charge in [-0.2, -0.15) is 0 Å². The molecule has 0 unspecified atom stereocenters. The summed E-state index contributed by atoms with van der Waals surface area (Å²) >= 11 is 0. The molecule has 1 amide bonds. The van der Waals surface area contributed by atoms with Crippen LogP contribution in [0.3, 0.4) is 0 Å². The van der Waals surface area contributed by atoms with E-state index in [0.717, 1.165) is 0 Å². The molecule has 0 N–H and O–H groups in total. The normalized spacial score (nSPS) is 14.5. The minimum absolute atomic E-state index is 0.0392. The van der Waals surface area contributed by atoms with E-state index in [4.69, 9.17) is 9.47 Å². The molecule has 0 spiro atoms. The molecule has 1 saturated heterocycles. The Bertz CT molecular complexity index is 728. The highest BCUT2D eigenvalue weighted by Crippen LogP contribution is 2.26. The Labute approximate surface area is 139 Å². The lowest BCUT2D eigenvalue weighted by molar-refractivity contribution is -0.141. The van der Waals surface area contributed by atoms with E-state index in [1.807, 2.05) is 0 Å². The number of halogens is 1. The van der Waals surface area contributed by atoms with E-state index >= 15 is 0 Å². The number of rotatable bonds is 6. The molecule has 1 aromatic carbocycles. The monoisotopic (exact) mass is 334 g/mol. The van der Waals surface area contributed by atoms with Crippen LogP contribution < -0.4 is 4.74 Å². The van der Waals surface area contributed by atoms with E-state index in [-0.39, 0.29) is 24.3 Å². The summed E-state index contributed by atoms with van der Waals surface area (Å²) in [6.45, 7) is 3.44. The third-order valence-electron chi connectivity index (χ3n) is 3.89. The zero-order chi connectivity index (χ0) is 17.1. The Balaban J connectivity index is 1.66. The first-order chi connectivity index (χ1) is 11.6. The van der Waals surface area contributed by atoms with Gasteiger partial charge in [-0.3, -0.25) is 4.79 Å². The molecule has 0 atom stereocenters. The van der Waals surface area contributed by atoms with Crippen LogP contribution in [-0.2, 0) is 9.53 Å². The predicted molar refractivity (Wildman–Crippen MR) is 84.1 cm³/mol. The van der Waals surface area contributed by atoms with Crippen LogP contribution in [0.25, 0.3) is 11.3 Å². The molecule has 0 aliphatic carbocycles. The van der Waals surface area contributed by atoms with Gasteiger partial charge in [0.05, 0.1) is 18.8 Å². The molecule has 1 aliphatic rings. The maximum Gasteiger partial charge on any atom is 0.248 e. The quantitative estimate of drug-likeness (QED) is 0.801. The summed E-state index contributed by atoms with van der Waals surface area (Å²) in [4.78, 5) is 13.4. The van der Waals surface area contributed by atoms with Gasteiger partial charge in [-0.15, -0.1) is 5.10 Å². The Hall–Kier alpha value is -2.48. The number of likely N-dealkylation sites (tertiary alicyclic amines) is 1. The number of methoxy groups -OCH3 is 1. The standard InChI is InChI=1S/C16H19FN4O3/c1-3-24-15-5-4-11(6-13(15)17)14-9-21(19-18-14)12-7-20(8-12)16(22)10-23-2/h4-6,9,12H,3,7-8,10H2,1-2H3. The van der Waals surface area contributed by atoms with E-state index in [9.17, 15) is 9.18 Å². The molecular formula is C16H19FN4O3. The third kappa shape index (κ3) is 3.23. The van der Waals surface area contributed by atoms with Gasteiger partial charge < -0.3 is 14.4 Å². The summed E-state index contributed by atoms with van der Waals surface area (Å²) in [5, 5.41) is 8.18. The molecular weight excluding hydrogens is 315 g/mol. The lowest BCUT2D eigenvalue weighted by atomic mass is 10.1. The third-order valence-corrected chi connectivity index (χ3v) is 3.89. The van der Waals surface area contributed by atoms with E-state index in [2.05, 4.69) is 10.3 Å². The fourth-order valence-corrected chi connectivity index (χ4v) is 2.56. The maximum absolute atomic E-state index is 13.9. The fourth-order valence-electron chi connectivity index (χ4n) is 2.56. The van der Waals surface area contributed by atoms with Crippen LogP contribution in [0.4, 0.5) is 4.39 Å². The molecule has 8 heteroatoms. The van der Waals surface area contributed by atoms with E-state index < -0.39 is 5.82 Å².